The van der Waals surface area contributed by atoms with Crippen LogP contribution in [0.15, 0.2) is 83.7 Å². The van der Waals surface area contributed by atoms with Gasteiger partial charge in [0.15, 0.2) is 5.78 Å². The van der Waals surface area contributed by atoms with Gasteiger partial charge in [-0.15, -0.1) is 0 Å². The highest BCUT2D eigenvalue weighted by molar-refractivity contribution is 6.11. The van der Waals surface area contributed by atoms with Gasteiger partial charge < -0.3 is 10.2 Å². The van der Waals surface area contributed by atoms with E-state index >= 15 is 0 Å². The Bertz CT molecular complexity index is 1140. The number of non-ortho nitro benzene ring substituents is 1. The van der Waals surface area contributed by atoms with Crippen molar-refractivity contribution in [3.8, 4) is 0 Å². The van der Waals surface area contributed by atoms with Gasteiger partial charge in [-0.3, -0.25) is 14.9 Å². The molecular weight excluding hydrogens is 390 g/mol. The number of fused-ring (bicyclic) bond motifs is 1. The van der Waals surface area contributed by atoms with Crippen LogP contribution in [0.25, 0.3) is 0 Å². The Hall–Kier alpha value is -3.67. The van der Waals surface area contributed by atoms with E-state index in [1.165, 1.54) is 23.4 Å². The average Bonchev–Trinajstić information content (AvgIpc) is 3.20. The molecule has 2 aromatic rings. The number of hydrogen-bond donors (Lipinski definition) is 1. The Labute approximate surface area is 181 Å². The summed E-state index contributed by atoms with van der Waals surface area (Å²) in [5.41, 5.74) is 5.77. The van der Waals surface area contributed by atoms with Gasteiger partial charge in [-0.2, -0.15) is 0 Å². The second-order valence-electron chi connectivity index (χ2n) is 8.39. The molecule has 0 saturated heterocycles. The molecule has 6 heteroatoms. The van der Waals surface area contributed by atoms with Gasteiger partial charge in [0, 0.05) is 59.0 Å². The number of ketones is 1. The fourth-order valence-corrected chi connectivity index (χ4v) is 4.33. The number of para-hydroxylation sites is 1. The molecular formula is C25H25N3O3. The van der Waals surface area contributed by atoms with Crippen molar-refractivity contribution in [2.75, 3.05) is 17.3 Å². The van der Waals surface area contributed by atoms with Crippen molar-refractivity contribution in [3.63, 3.8) is 0 Å². The number of nitrogens with one attached hydrogen (secondary N) is 1. The number of carbonyl (C=O) groups excluding carboxylic acids is 1. The molecule has 31 heavy (non-hydrogen) atoms. The lowest BCUT2D eigenvalue weighted by atomic mass is 9.83. The average molecular weight is 415 g/mol. The number of benzene rings is 2. The molecule has 0 atom stereocenters. The molecule has 1 aliphatic heterocycles. The minimum atomic E-state index is -0.435. The van der Waals surface area contributed by atoms with Crippen LogP contribution in [-0.4, -0.2) is 17.8 Å². The van der Waals surface area contributed by atoms with Gasteiger partial charge in [0.05, 0.1) is 4.92 Å². The monoisotopic (exact) mass is 415 g/mol. The molecule has 6 nitrogen and oxygen atoms in total. The van der Waals surface area contributed by atoms with Gasteiger partial charge >= 0.3 is 0 Å². The summed E-state index contributed by atoms with van der Waals surface area (Å²) in [5.74, 6) is 0.0437. The summed E-state index contributed by atoms with van der Waals surface area (Å²) in [6.45, 7) is 4.41. The number of rotatable bonds is 4. The highest BCUT2D eigenvalue weighted by atomic mass is 16.6. The Morgan fingerprint density at radius 2 is 1.71 bits per heavy atom. The van der Waals surface area contributed by atoms with Crippen molar-refractivity contribution >= 4 is 22.8 Å². The van der Waals surface area contributed by atoms with Crippen LogP contribution >= 0.6 is 0 Å². The summed E-state index contributed by atoms with van der Waals surface area (Å²) in [5, 5.41) is 13.8. The number of nitrogens with zero attached hydrogens (tertiary/aromatic N) is 2. The van der Waals surface area contributed by atoms with E-state index in [9.17, 15) is 14.9 Å². The van der Waals surface area contributed by atoms with E-state index in [2.05, 4.69) is 55.4 Å². The molecule has 158 valence electrons. The van der Waals surface area contributed by atoms with Crippen molar-refractivity contribution in [2.45, 2.75) is 32.1 Å². The van der Waals surface area contributed by atoms with E-state index in [1.807, 2.05) is 12.1 Å². The first-order valence-corrected chi connectivity index (χ1v) is 10.3. The first-order valence-electron chi connectivity index (χ1n) is 10.3. The quantitative estimate of drug-likeness (QED) is 0.406. The Kier molecular flexibility index (Phi) is 5.23. The highest BCUT2D eigenvalue weighted by Gasteiger charge is 2.37. The molecule has 4 rings (SSSR count). The lowest BCUT2D eigenvalue weighted by molar-refractivity contribution is -0.384. The van der Waals surface area contributed by atoms with E-state index in [1.54, 1.807) is 18.3 Å². The van der Waals surface area contributed by atoms with Crippen LogP contribution in [0.2, 0.25) is 0 Å². The van der Waals surface area contributed by atoms with E-state index in [-0.39, 0.29) is 16.9 Å². The van der Waals surface area contributed by atoms with E-state index in [4.69, 9.17) is 0 Å². The summed E-state index contributed by atoms with van der Waals surface area (Å²) in [6, 6.07) is 14.5. The third-order valence-electron chi connectivity index (χ3n) is 6.12. The first-order chi connectivity index (χ1) is 14.8. The molecule has 1 heterocycles. The van der Waals surface area contributed by atoms with Crippen LogP contribution in [-0.2, 0) is 10.2 Å². The van der Waals surface area contributed by atoms with Crippen LogP contribution in [0, 0.1) is 10.1 Å². The van der Waals surface area contributed by atoms with Gasteiger partial charge in [0.1, 0.15) is 0 Å². The third kappa shape index (κ3) is 3.77. The number of Topliss-reactive ketones (excluding diaryl/α,β-unsaturated/α-hetero) is 1. The number of nitro benzene ring substituents is 1. The molecule has 2 aliphatic rings. The van der Waals surface area contributed by atoms with Crippen LogP contribution < -0.4 is 10.2 Å². The number of nitro groups is 1. The minimum absolute atomic E-state index is 0.0374. The predicted octanol–water partition coefficient (Wildman–Crippen LogP) is 5.49. The van der Waals surface area contributed by atoms with Crippen LogP contribution in [0.4, 0.5) is 17.1 Å². The van der Waals surface area contributed by atoms with E-state index in [0.29, 0.717) is 24.1 Å². The molecule has 0 unspecified atom stereocenters. The molecule has 0 amide bonds. The SMILES string of the molecule is CN1/C(=C/C=C2\CC/C(=C\Nc3ccc([N+](=O)[O-])cc3)C2=O)C(C)(C)c2ccccc21. The first kappa shape index (κ1) is 20.6. The minimum Gasteiger partial charge on any atom is -0.361 e. The Balaban J connectivity index is 1.50. The van der Waals surface area contributed by atoms with E-state index < -0.39 is 4.92 Å². The molecule has 0 radical (unpaired) electrons. The molecule has 1 fully saturated rings. The zero-order valence-corrected chi connectivity index (χ0v) is 17.9. The second-order valence-corrected chi connectivity index (χ2v) is 8.39. The molecule has 0 bridgehead atoms. The highest BCUT2D eigenvalue weighted by Crippen LogP contribution is 2.46. The van der Waals surface area contributed by atoms with Crippen molar-refractivity contribution in [1.82, 2.24) is 0 Å². The van der Waals surface area contributed by atoms with Crippen LogP contribution in [0.3, 0.4) is 0 Å². The summed E-state index contributed by atoms with van der Waals surface area (Å²) >= 11 is 0. The normalized spacial score (nSPS) is 21.2. The summed E-state index contributed by atoms with van der Waals surface area (Å²) < 4.78 is 0. The van der Waals surface area contributed by atoms with Crippen LogP contribution in [0.1, 0.15) is 32.3 Å². The fourth-order valence-electron chi connectivity index (χ4n) is 4.33. The molecule has 1 aliphatic carbocycles. The van der Waals surface area contributed by atoms with Crippen molar-refractivity contribution in [2.24, 2.45) is 0 Å². The van der Waals surface area contributed by atoms with Gasteiger partial charge in [-0.25, -0.2) is 0 Å². The standard InChI is InChI=1S/C25H25N3O3/c1-25(2)21-6-4-5-7-22(21)27(3)23(25)15-10-17-8-9-18(24(17)29)16-26-19-11-13-20(14-12-19)28(30)31/h4-7,10-16,26H,8-9H2,1-3H3/b17-10+,18-16+,23-15+. The number of hydrogen-bond acceptors (Lipinski definition) is 5. The number of anilines is 2. The van der Waals surface area contributed by atoms with Gasteiger partial charge in [0.25, 0.3) is 5.69 Å². The lowest BCUT2D eigenvalue weighted by Gasteiger charge is -2.23. The van der Waals surface area contributed by atoms with Gasteiger partial charge in [0.2, 0.25) is 0 Å². The van der Waals surface area contributed by atoms with Gasteiger partial charge in [-0.05, 0) is 42.7 Å². The third-order valence-corrected chi connectivity index (χ3v) is 6.12. The molecule has 0 aromatic heterocycles. The topological polar surface area (TPSA) is 75.5 Å². The number of carbonyl (C=O) groups is 1. The Morgan fingerprint density at radius 3 is 2.39 bits per heavy atom. The predicted molar refractivity (Wildman–Crippen MR) is 123 cm³/mol. The summed E-state index contributed by atoms with van der Waals surface area (Å²) in [4.78, 5) is 25.3. The summed E-state index contributed by atoms with van der Waals surface area (Å²) in [6.07, 6.45) is 7.11. The smallest absolute Gasteiger partial charge is 0.269 e. The lowest BCUT2D eigenvalue weighted by Crippen LogP contribution is -2.22. The maximum atomic E-state index is 12.8. The number of allylic oxidation sites excluding steroid dienone is 5. The van der Waals surface area contributed by atoms with Crippen molar-refractivity contribution in [1.29, 1.82) is 0 Å². The van der Waals surface area contributed by atoms with E-state index in [0.717, 1.165) is 11.3 Å². The van der Waals surface area contributed by atoms with Crippen molar-refractivity contribution in [3.05, 3.63) is 99.4 Å². The van der Waals surface area contributed by atoms with Gasteiger partial charge in [-0.1, -0.05) is 38.1 Å². The molecule has 0 spiro atoms. The fraction of sp³-hybridized carbons (Fsp3) is 0.240. The maximum Gasteiger partial charge on any atom is 0.269 e. The second kappa shape index (κ2) is 7.87. The zero-order valence-electron chi connectivity index (χ0n) is 17.9. The Morgan fingerprint density at radius 1 is 1.03 bits per heavy atom. The molecule has 1 N–H and O–H groups in total. The summed E-state index contributed by atoms with van der Waals surface area (Å²) in [7, 11) is 2.06. The molecule has 2 aromatic carbocycles. The van der Waals surface area contributed by atoms with Crippen LogP contribution in [0.5, 0.6) is 0 Å². The zero-order chi connectivity index (χ0) is 22.2. The van der Waals surface area contributed by atoms with Crippen molar-refractivity contribution < 1.29 is 9.72 Å². The molecule has 1 saturated carbocycles. The number of likely N-dealkylation sites (N-methyl/N-ethyl adjacent to an activating group) is 1. The maximum absolute atomic E-state index is 12.8. The largest absolute Gasteiger partial charge is 0.361 e.